The number of nitrogens with zero attached hydrogens (tertiary/aromatic N) is 2. The minimum Gasteiger partial charge on any atom is -0.460 e. The summed E-state index contributed by atoms with van der Waals surface area (Å²) in [5.41, 5.74) is 11.4. The lowest BCUT2D eigenvalue weighted by atomic mass is 10.0. The van der Waals surface area contributed by atoms with Gasteiger partial charge in [-0.25, -0.2) is 4.79 Å². The molecule has 0 saturated carbocycles. The van der Waals surface area contributed by atoms with E-state index in [0.29, 0.717) is 5.56 Å². The van der Waals surface area contributed by atoms with Gasteiger partial charge in [0.2, 0.25) is 0 Å². The summed E-state index contributed by atoms with van der Waals surface area (Å²) in [4.78, 5) is 14.4. The molecule has 0 aliphatic carbocycles. The molecule has 0 spiro atoms. The molecule has 4 heteroatoms. The van der Waals surface area contributed by atoms with Gasteiger partial charge < -0.3 is 10.3 Å². The zero-order valence-corrected chi connectivity index (χ0v) is 10.4. The lowest BCUT2D eigenvalue weighted by Crippen LogP contribution is -2.18. The molecule has 4 nitrogen and oxygen atoms in total. The first kappa shape index (κ1) is 12.7. The van der Waals surface area contributed by atoms with Crippen LogP contribution in [0.5, 0.6) is 0 Å². The van der Waals surface area contributed by atoms with Crippen LogP contribution in [0.4, 0.5) is 0 Å². The number of esters is 1. The molecule has 0 amide bonds. The summed E-state index contributed by atoms with van der Waals surface area (Å²) in [6.07, 6.45) is 0. The van der Waals surface area contributed by atoms with E-state index >= 15 is 0 Å². The Morgan fingerprint density at radius 1 is 1.00 bits per heavy atom. The van der Waals surface area contributed by atoms with E-state index in [0.717, 1.165) is 11.1 Å². The monoisotopic (exact) mass is 252 g/mol. The fraction of sp³-hybridized carbons (Fsp3) is 0.0667. The van der Waals surface area contributed by atoms with E-state index in [1.54, 1.807) is 12.1 Å². The number of rotatable bonds is 3. The SMILES string of the molecule is COC(=O)C(=[N+]=[N-])c1ccc(-c2ccccc2)cc1. The molecule has 0 saturated heterocycles. The van der Waals surface area contributed by atoms with Crippen LogP contribution in [0.3, 0.4) is 0 Å². The van der Waals surface area contributed by atoms with Crippen molar-refractivity contribution in [1.82, 2.24) is 0 Å². The molecule has 0 heterocycles. The predicted molar refractivity (Wildman–Crippen MR) is 71.6 cm³/mol. The molecule has 2 rings (SSSR count). The van der Waals surface area contributed by atoms with Crippen molar-refractivity contribution >= 4 is 11.7 Å². The second-order valence-electron chi connectivity index (χ2n) is 3.88. The number of hydrogen-bond acceptors (Lipinski definition) is 2. The van der Waals surface area contributed by atoms with Crippen LogP contribution >= 0.6 is 0 Å². The van der Waals surface area contributed by atoms with Crippen LogP contribution in [-0.4, -0.2) is 23.6 Å². The highest BCUT2D eigenvalue weighted by atomic mass is 16.5. The third kappa shape index (κ3) is 2.76. The van der Waals surface area contributed by atoms with Gasteiger partial charge in [-0.05, 0) is 23.3 Å². The molecule has 2 aromatic carbocycles. The average molecular weight is 252 g/mol. The Bertz CT molecular complexity index is 627. The highest BCUT2D eigenvalue weighted by molar-refractivity contribution is 6.40. The summed E-state index contributed by atoms with van der Waals surface area (Å²) >= 11 is 0. The van der Waals surface area contributed by atoms with Crippen molar-refractivity contribution in [3.05, 3.63) is 65.7 Å². The van der Waals surface area contributed by atoms with Gasteiger partial charge in [-0.3, -0.25) is 0 Å². The summed E-state index contributed by atoms with van der Waals surface area (Å²) in [7, 11) is 1.24. The third-order valence-electron chi connectivity index (χ3n) is 2.74. The Labute approximate surface area is 110 Å². The number of methoxy groups -OCH3 is 1. The van der Waals surface area contributed by atoms with Crippen LogP contribution < -0.4 is 0 Å². The average Bonchev–Trinajstić information content (AvgIpc) is 2.49. The van der Waals surface area contributed by atoms with Crippen LogP contribution in [0, 0.1) is 0 Å². The zero-order chi connectivity index (χ0) is 13.7. The molecule has 2 aromatic rings. The maximum absolute atomic E-state index is 11.4. The number of carbonyl (C=O) groups excluding carboxylic acids is 1. The molecule has 94 valence electrons. The van der Waals surface area contributed by atoms with Crippen LogP contribution in [0.15, 0.2) is 54.6 Å². The molecule has 0 N–H and O–H groups in total. The first-order valence-corrected chi connectivity index (χ1v) is 5.72. The molecule has 0 aliphatic heterocycles. The summed E-state index contributed by atoms with van der Waals surface area (Å²) in [5, 5.41) is 0. The molecular weight excluding hydrogens is 240 g/mol. The van der Waals surface area contributed by atoms with E-state index in [1.165, 1.54) is 7.11 Å². The van der Waals surface area contributed by atoms with Crippen LogP contribution in [0.2, 0.25) is 0 Å². The lowest BCUT2D eigenvalue weighted by Gasteiger charge is -2.01. The molecule has 0 unspecified atom stereocenters. The van der Waals surface area contributed by atoms with Crippen molar-refractivity contribution in [1.29, 1.82) is 0 Å². The summed E-state index contributed by atoms with van der Waals surface area (Å²) < 4.78 is 4.54. The van der Waals surface area contributed by atoms with Gasteiger partial charge >= 0.3 is 11.7 Å². The smallest absolute Gasteiger partial charge is 0.422 e. The molecule has 0 aromatic heterocycles. The van der Waals surface area contributed by atoms with Crippen molar-refractivity contribution in [2.24, 2.45) is 0 Å². The first-order chi connectivity index (χ1) is 9.26. The van der Waals surface area contributed by atoms with Gasteiger partial charge in [0.05, 0.1) is 12.7 Å². The fourth-order valence-corrected chi connectivity index (χ4v) is 1.76. The molecule has 0 radical (unpaired) electrons. The van der Waals surface area contributed by atoms with Gasteiger partial charge in [-0.15, -0.1) is 0 Å². The van der Waals surface area contributed by atoms with E-state index in [9.17, 15) is 4.79 Å². The van der Waals surface area contributed by atoms with Gasteiger partial charge in [0.1, 0.15) is 0 Å². The van der Waals surface area contributed by atoms with Crippen LogP contribution in [0.1, 0.15) is 5.56 Å². The second kappa shape index (κ2) is 5.76. The zero-order valence-electron chi connectivity index (χ0n) is 10.4. The highest BCUT2D eigenvalue weighted by Crippen LogP contribution is 2.19. The van der Waals surface area contributed by atoms with Crippen molar-refractivity contribution in [3.63, 3.8) is 0 Å². The quantitative estimate of drug-likeness (QED) is 0.365. The summed E-state index contributed by atoms with van der Waals surface area (Å²) in [6, 6.07) is 17.0. The Morgan fingerprint density at radius 3 is 2.11 bits per heavy atom. The summed E-state index contributed by atoms with van der Waals surface area (Å²) in [6.45, 7) is 0. The van der Waals surface area contributed by atoms with E-state index in [1.807, 2.05) is 42.5 Å². The molecule has 0 atom stereocenters. The van der Waals surface area contributed by atoms with E-state index < -0.39 is 5.97 Å². The van der Waals surface area contributed by atoms with Gasteiger partial charge in [0.15, 0.2) is 0 Å². The van der Waals surface area contributed by atoms with E-state index in [2.05, 4.69) is 9.53 Å². The molecular formula is C15H12N2O2. The molecule has 19 heavy (non-hydrogen) atoms. The normalized spacial score (nSPS) is 9.53. The van der Waals surface area contributed by atoms with Gasteiger partial charge in [0.25, 0.3) is 0 Å². The standard InChI is InChI=1S/C15H12N2O2/c1-19-15(18)14(17-16)13-9-7-12(8-10-13)11-5-3-2-4-6-11/h2-10H,1H3. The number of ether oxygens (including phenoxy) is 1. The Hall–Kier alpha value is -2.71. The Balaban J connectivity index is 2.34. The van der Waals surface area contributed by atoms with E-state index in [4.69, 9.17) is 5.53 Å². The minimum absolute atomic E-state index is 0.109. The van der Waals surface area contributed by atoms with Gasteiger partial charge in [0, 0.05) is 0 Å². The molecule has 0 aliphatic rings. The maximum atomic E-state index is 11.4. The van der Waals surface area contributed by atoms with Crippen molar-refractivity contribution in [3.8, 4) is 11.1 Å². The Morgan fingerprint density at radius 2 is 1.58 bits per heavy atom. The number of benzene rings is 2. The fourth-order valence-electron chi connectivity index (χ4n) is 1.76. The number of carbonyl (C=O) groups is 1. The minimum atomic E-state index is -0.671. The lowest BCUT2D eigenvalue weighted by molar-refractivity contribution is -0.137. The van der Waals surface area contributed by atoms with E-state index in [-0.39, 0.29) is 5.71 Å². The number of hydrogen-bond donors (Lipinski definition) is 0. The second-order valence-corrected chi connectivity index (χ2v) is 3.88. The van der Waals surface area contributed by atoms with Gasteiger partial charge in [-0.2, -0.15) is 4.79 Å². The van der Waals surface area contributed by atoms with Crippen molar-refractivity contribution in [2.45, 2.75) is 0 Å². The van der Waals surface area contributed by atoms with Crippen LogP contribution in [0.25, 0.3) is 16.7 Å². The molecule has 0 fully saturated rings. The largest absolute Gasteiger partial charge is 0.460 e. The summed E-state index contributed by atoms with van der Waals surface area (Å²) in [5.74, 6) is -0.671. The highest BCUT2D eigenvalue weighted by Gasteiger charge is 2.23. The van der Waals surface area contributed by atoms with Crippen molar-refractivity contribution in [2.75, 3.05) is 7.11 Å². The molecule has 0 bridgehead atoms. The predicted octanol–water partition coefficient (Wildman–Crippen LogP) is 2.55. The van der Waals surface area contributed by atoms with Crippen LogP contribution in [-0.2, 0) is 9.53 Å². The third-order valence-corrected chi connectivity index (χ3v) is 2.74. The topological polar surface area (TPSA) is 62.7 Å². The Kier molecular flexibility index (Phi) is 3.86. The first-order valence-electron chi connectivity index (χ1n) is 5.72. The van der Waals surface area contributed by atoms with Crippen molar-refractivity contribution < 1.29 is 14.3 Å². The van der Waals surface area contributed by atoms with Gasteiger partial charge in [-0.1, -0.05) is 42.5 Å². The maximum Gasteiger partial charge on any atom is 0.422 e.